The molecule has 0 rings (SSSR count). The van der Waals surface area contributed by atoms with Crippen LogP contribution in [0.25, 0.3) is 0 Å². The normalized spacial score (nSPS) is 13.8. The highest BCUT2D eigenvalue weighted by Crippen LogP contribution is 2.43. The van der Waals surface area contributed by atoms with Crippen LogP contribution in [0, 0.1) is 0 Å². The summed E-state index contributed by atoms with van der Waals surface area (Å²) in [6, 6.07) is 0. The SMILES string of the molecule is CC/C=C\C/C=C\C/C=C\C/C=C\C/C=C\CCCCCCCCCCCC(=O)OC(COCCCCCCCCCCCCCCCCCCCCCC)COP(=O)(O)OCCN. The van der Waals surface area contributed by atoms with Crippen molar-refractivity contribution in [1.82, 2.24) is 0 Å². The third-order valence-corrected chi connectivity index (χ3v) is 12.4. The molecular weight excluding hydrogens is 818 g/mol. The van der Waals surface area contributed by atoms with E-state index in [9.17, 15) is 14.3 Å². The van der Waals surface area contributed by atoms with Crippen molar-refractivity contribution in [2.75, 3.05) is 33.0 Å². The summed E-state index contributed by atoms with van der Waals surface area (Å²) in [5, 5.41) is 0. The zero-order valence-corrected chi connectivity index (χ0v) is 42.7. The van der Waals surface area contributed by atoms with Crippen molar-refractivity contribution < 1.29 is 32.8 Å². The number of rotatable bonds is 51. The van der Waals surface area contributed by atoms with Gasteiger partial charge in [-0.25, -0.2) is 4.57 Å². The molecule has 0 bridgehead atoms. The Labute approximate surface area is 395 Å². The molecule has 0 aromatic heterocycles. The van der Waals surface area contributed by atoms with Gasteiger partial charge >= 0.3 is 13.8 Å². The summed E-state index contributed by atoms with van der Waals surface area (Å²) in [7, 11) is -4.29. The number of phosphoric acid groups is 1. The van der Waals surface area contributed by atoms with E-state index in [-0.39, 0.29) is 32.3 Å². The fourth-order valence-corrected chi connectivity index (χ4v) is 8.32. The van der Waals surface area contributed by atoms with Gasteiger partial charge < -0.3 is 20.1 Å². The first kappa shape index (κ1) is 62.2. The van der Waals surface area contributed by atoms with Crippen molar-refractivity contribution in [3.63, 3.8) is 0 Å². The van der Waals surface area contributed by atoms with Gasteiger partial charge in [-0.2, -0.15) is 0 Å². The zero-order chi connectivity index (χ0) is 46.5. The Bertz CT molecular complexity index is 1170. The van der Waals surface area contributed by atoms with E-state index in [1.54, 1.807) is 0 Å². The Kier molecular flexibility index (Phi) is 50.7. The van der Waals surface area contributed by atoms with E-state index in [1.807, 2.05) is 0 Å². The smallest absolute Gasteiger partial charge is 0.457 e. The maximum Gasteiger partial charge on any atom is 0.472 e. The molecule has 2 atom stereocenters. The largest absolute Gasteiger partial charge is 0.472 e. The Balaban J connectivity index is 3.93. The number of phosphoric ester groups is 1. The van der Waals surface area contributed by atoms with Crippen LogP contribution in [0.4, 0.5) is 0 Å². The molecule has 0 saturated carbocycles. The number of esters is 1. The minimum Gasteiger partial charge on any atom is -0.457 e. The fourth-order valence-electron chi connectivity index (χ4n) is 7.56. The van der Waals surface area contributed by atoms with Crippen molar-refractivity contribution in [3.8, 4) is 0 Å². The maximum absolute atomic E-state index is 12.7. The number of ether oxygens (including phenoxy) is 2. The summed E-state index contributed by atoms with van der Waals surface area (Å²) in [6.45, 7) is 4.84. The molecule has 0 radical (unpaired) electrons. The highest BCUT2D eigenvalue weighted by atomic mass is 31.2. The first-order valence-electron chi connectivity index (χ1n) is 26.8. The summed E-state index contributed by atoms with van der Waals surface area (Å²) in [4.78, 5) is 22.6. The molecule has 2 unspecified atom stereocenters. The number of unbranched alkanes of at least 4 members (excludes halogenated alkanes) is 28. The van der Waals surface area contributed by atoms with Crippen LogP contribution < -0.4 is 5.73 Å². The second-order valence-corrected chi connectivity index (χ2v) is 19.2. The molecule has 3 N–H and O–H groups in total. The molecule has 9 heteroatoms. The topological polar surface area (TPSA) is 117 Å². The minimum atomic E-state index is -4.29. The van der Waals surface area contributed by atoms with E-state index >= 15 is 0 Å². The lowest BCUT2D eigenvalue weighted by Crippen LogP contribution is -2.28. The molecule has 0 aliphatic rings. The van der Waals surface area contributed by atoms with Crippen molar-refractivity contribution >= 4 is 13.8 Å². The number of hydrogen-bond donors (Lipinski definition) is 2. The van der Waals surface area contributed by atoms with E-state index < -0.39 is 13.9 Å². The molecule has 0 amide bonds. The molecule has 0 aromatic carbocycles. The first-order chi connectivity index (χ1) is 31.4. The van der Waals surface area contributed by atoms with E-state index in [4.69, 9.17) is 24.3 Å². The first-order valence-corrected chi connectivity index (χ1v) is 28.3. The average molecular weight is 920 g/mol. The third kappa shape index (κ3) is 51.2. The van der Waals surface area contributed by atoms with E-state index in [0.717, 1.165) is 70.6 Å². The third-order valence-electron chi connectivity index (χ3n) is 11.4. The van der Waals surface area contributed by atoms with Crippen molar-refractivity contribution in [1.29, 1.82) is 0 Å². The van der Waals surface area contributed by atoms with Gasteiger partial charge in [0.1, 0.15) is 6.10 Å². The monoisotopic (exact) mass is 920 g/mol. The van der Waals surface area contributed by atoms with Crippen LogP contribution in [0.2, 0.25) is 0 Å². The minimum absolute atomic E-state index is 0.0972. The molecule has 0 aromatic rings. The molecule has 64 heavy (non-hydrogen) atoms. The summed E-state index contributed by atoms with van der Waals surface area (Å²) < 4.78 is 33.6. The molecule has 8 nitrogen and oxygen atoms in total. The zero-order valence-electron chi connectivity index (χ0n) is 41.8. The molecule has 0 aliphatic carbocycles. The van der Waals surface area contributed by atoms with Gasteiger partial charge in [0.05, 0.1) is 19.8 Å². The number of hydrogen-bond acceptors (Lipinski definition) is 7. The van der Waals surface area contributed by atoms with Gasteiger partial charge in [-0.1, -0.05) is 242 Å². The summed E-state index contributed by atoms with van der Waals surface area (Å²) in [6.07, 6.45) is 65.4. The summed E-state index contributed by atoms with van der Waals surface area (Å²) >= 11 is 0. The van der Waals surface area contributed by atoms with Crippen LogP contribution in [0.5, 0.6) is 0 Å². The van der Waals surface area contributed by atoms with Crippen LogP contribution in [0.15, 0.2) is 60.8 Å². The van der Waals surface area contributed by atoms with Crippen molar-refractivity contribution in [2.24, 2.45) is 5.73 Å². The number of nitrogens with two attached hydrogens (primary N) is 1. The van der Waals surface area contributed by atoms with E-state index in [0.29, 0.717) is 13.0 Å². The predicted molar refractivity (Wildman–Crippen MR) is 275 cm³/mol. The highest BCUT2D eigenvalue weighted by molar-refractivity contribution is 7.47. The van der Waals surface area contributed by atoms with Gasteiger partial charge in [-0.05, 0) is 57.8 Å². The average Bonchev–Trinajstić information content (AvgIpc) is 3.29. The fraction of sp³-hybridized carbons (Fsp3) is 0.800. The van der Waals surface area contributed by atoms with Gasteiger partial charge in [-0.3, -0.25) is 13.8 Å². The van der Waals surface area contributed by atoms with Crippen LogP contribution in [-0.2, 0) is 27.9 Å². The molecule has 0 saturated heterocycles. The molecule has 0 spiro atoms. The van der Waals surface area contributed by atoms with Crippen LogP contribution in [0.3, 0.4) is 0 Å². The standard InChI is InChI=1S/C55H102NO7P/c1-3-5-7-9-11-13-15-17-19-21-23-25-26-27-28-29-30-32-34-36-38-40-42-44-46-48-55(57)63-54(53-62-64(58,59)61-51-49-56)52-60-50-47-45-43-41-39-37-35-33-31-24-22-20-18-16-14-12-10-8-6-4-2/h5,7,11,13,17,19,23,25,27-28,54H,3-4,6,8-10,12,14-16,18,20-22,24,26,29-53,56H2,1-2H3,(H,58,59)/b7-5-,13-11-,19-17-,25-23-,28-27-. The Morgan fingerprint density at radius 1 is 0.484 bits per heavy atom. The van der Waals surface area contributed by atoms with Gasteiger partial charge in [-0.15, -0.1) is 0 Å². The van der Waals surface area contributed by atoms with Crippen LogP contribution in [-0.4, -0.2) is 49.9 Å². The molecule has 0 aliphatic heterocycles. The molecule has 0 fully saturated rings. The lowest BCUT2D eigenvalue weighted by Gasteiger charge is -2.20. The molecule has 374 valence electrons. The second-order valence-electron chi connectivity index (χ2n) is 17.7. The van der Waals surface area contributed by atoms with Gasteiger partial charge in [0.2, 0.25) is 0 Å². The van der Waals surface area contributed by atoms with Crippen molar-refractivity contribution in [3.05, 3.63) is 60.8 Å². The Morgan fingerprint density at radius 2 is 0.875 bits per heavy atom. The second kappa shape index (κ2) is 52.2. The number of allylic oxidation sites excluding steroid dienone is 10. The van der Waals surface area contributed by atoms with Gasteiger partial charge in [0.25, 0.3) is 0 Å². The number of carbonyl (C=O) groups excluding carboxylic acids is 1. The quantitative estimate of drug-likeness (QED) is 0.0268. The highest BCUT2D eigenvalue weighted by Gasteiger charge is 2.25. The van der Waals surface area contributed by atoms with E-state index in [1.165, 1.54) is 154 Å². The lowest BCUT2D eigenvalue weighted by atomic mass is 10.0. The van der Waals surface area contributed by atoms with Gasteiger partial charge in [0.15, 0.2) is 0 Å². The van der Waals surface area contributed by atoms with Gasteiger partial charge in [0, 0.05) is 19.6 Å². The summed E-state index contributed by atoms with van der Waals surface area (Å²) in [5.74, 6) is -0.334. The van der Waals surface area contributed by atoms with E-state index in [2.05, 4.69) is 74.6 Å². The van der Waals surface area contributed by atoms with Crippen LogP contribution >= 0.6 is 7.82 Å². The van der Waals surface area contributed by atoms with Crippen molar-refractivity contribution in [2.45, 2.75) is 251 Å². The van der Waals surface area contributed by atoms with Crippen LogP contribution in [0.1, 0.15) is 245 Å². The number of carbonyl (C=O) groups is 1. The predicted octanol–water partition coefficient (Wildman–Crippen LogP) is 16.9. The molecular formula is C55H102NO7P. The lowest BCUT2D eigenvalue weighted by molar-refractivity contribution is -0.154. The Morgan fingerprint density at radius 3 is 1.31 bits per heavy atom. The molecule has 0 heterocycles. The Hall–Kier alpha value is -1.80. The summed E-state index contributed by atoms with van der Waals surface area (Å²) in [5.41, 5.74) is 5.39. The maximum atomic E-state index is 12.7.